The van der Waals surface area contributed by atoms with E-state index in [2.05, 4.69) is 26.3 Å². The van der Waals surface area contributed by atoms with E-state index in [0.29, 0.717) is 29.2 Å². The molecule has 2 aromatic carbocycles. The number of carbonyl (C=O) groups is 4. The van der Waals surface area contributed by atoms with E-state index in [1.807, 2.05) is 12.1 Å². The number of aliphatic imine (C=N–C) groups is 1. The largest absolute Gasteiger partial charge is 0.465 e. The molecule has 0 atom stereocenters. The number of nitro groups is 1. The molecule has 6 N–H and O–H groups in total. The molecule has 16 heteroatoms. The molecule has 0 fully saturated rings. The van der Waals surface area contributed by atoms with Gasteiger partial charge in [-0.2, -0.15) is 0 Å². The van der Waals surface area contributed by atoms with Gasteiger partial charge in [-0.3, -0.25) is 25.0 Å². The topological polar surface area (TPSA) is 230 Å². The average Bonchev–Trinajstić information content (AvgIpc) is 3.27. The van der Waals surface area contributed by atoms with E-state index in [9.17, 15) is 24.5 Å². The Morgan fingerprint density at radius 2 is 1.71 bits per heavy atom. The quantitative estimate of drug-likeness (QED) is 0.101. The van der Waals surface area contributed by atoms with Crippen LogP contribution in [0.2, 0.25) is 0 Å². The summed E-state index contributed by atoms with van der Waals surface area (Å²) in [4.78, 5) is 64.9. The molecule has 0 saturated heterocycles. The normalized spacial score (nSPS) is 10.3. The zero-order chi connectivity index (χ0) is 30.5. The summed E-state index contributed by atoms with van der Waals surface area (Å²) in [5.74, 6) is -0.556. The Morgan fingerprint density at radius 3 is 2.24 bits per heavy atom. The fourth-order valence-electron chi connectivity index (χ4n) is 3.31. The van der Waals surface area contributed by atoms with E-state index in [1.54, 1.807) is 19.2 Å². The molecule has 4 amide bonds. The van der Waals surface area contributed by atoms with Gasteiger partial charge in [0.25, 0.3) is 11.6 Å². The molecule has 0 unspecified atom stereocenters. The SMILES string of the molecule is CC(=O)Nc1nc(CCc2ccc(N=CNC(=O)O)cc2)c(CN(C)C(=O)c2ccc([N+](=O)[O-])cc2)s1.NC(=O)O. The molecule has 0 spiro atoms. The number of hydrogen-bond donors (Lipinski definition) is 5. The maximum atomic E-state index is 12.9. The Morgan fingerprint density at radius 1 is 1.10 bits per heavy atom. The molecule has 0 saturated carbocycles. The molecule has 0 radical (unpaired) electrons. The number of carbonyl (C=O) groups excluding carboxylic acids is 2. The van der Waals surface area contributed by atoms with Crippen molar-refractivity contribution in [1.82, 2.24) is 15.2 Å². The molecular formula is C25H27N7O8S. The molecule has 3 aromatic rings. The number of anilines is 1. The lowest BCUT2D eigenvalue weighted by Crippen LogP contribution is -2.26. The number of carboxylic acid groups (broad SMARTS) is 2. The minimum Gasteiger partial charge on any atom is -0.465 e. The van der Waals surface area contributed by atoms with Gasteiger partial charge in [0.05, 0.1) is 29.2 Å². The van der Waals surface area contributed by atoms with Crippen LogP contribution in [0, 0.1) is 10.1 Å². The third-order valence-electron chi connectivity index (χ3n) is 5.10. The monoisotopic (exact) mass is 585 g/mol. The van der Waals surface area contributed by atoms with Gasteiger partial charge in [0.1, 0.15) is 0 Å². The van der Waals surface area contributed by atoms with Gasteiger partial charge in [0, 0.05) is 36.5 Å². The lowest BCUT2D eigenvalue weighted by molar-refractivity contribution is -0.384. The van der Waals surface area contributed by atoms with Crippen molar-refractivity contribution in [3.05, 3.63) is 80.3 Å². The van der Waals surface area contributed by atoms with Crippen LogP contribution in [-0.4, -0.2) is 62.4 Å². The van der Waals surface area contributed by atoms with Gasteiger partial charge in [-0.05, 0) is 42.7 Å². The number of nitrogens with one attached hydrogen (secondary N) is 2. The number of aromatic nitrogens is 1. The van der Waals surface area contributed by atoms with Crippen LogP contribution in [0.1, 0.15) is 33.4 Å². The van der Waals surface area contributed by atoms with Crippen molar-refractivity contribution in [1.29, 1.82) is 0 Å². The Hall–Kier alpha value is -5.38. The van der Waals surface area contributed by atoms with Crippen LogP contribution in [0.25, 0.3) is 0 Å². The summed E-state index contributed by atoms with van der Waals surface area (Å²) in [5, 5.41) is 31.8. The highest BCUT2D eigenvalue weighted by Gasteiger charge is 2.19. The Kier molecular flexibility index (Phi) is 11.9. The molecule has 216 valence electrons. The maximum Gasteiger partial charge on any atom is 0.409 e. The summed E-state index contributed by atoms with van der Waals surface area (Å²) >= 11 is 1.28. The fraction of sp³-hybridized carbons (Fsp3) is 0.200. The number of rotatable bonds is 10. The summed E-state index contributed by atoms with van der Waals surface area (Å²) in [5.41, 5.74) is 6.58. The fourth-order valence-corrected chi connectivity index (χ4v) is 4.42. The van der Waals surface area contributed by atoms with Crippen LogP contribution in [-0.2, 0) is 24.2 Å². The first-order chi connectivity index (χ1) is 19.3. The number of aryl methyl sites for hydroxylation is 2. The van der Waals surface area contributed by atoms with E-state index < -0.39 is 17.1 Å². The summed E-state index contributed by atoms with van der Waals surface area (Å²) in [6, 6.07) is 12.7. The summed E-state index contributed by atoms with van der Waals surface area (Å²) in [7, 11) is 1.63. The van der Waals surface area contributed by atoms with Gasteiger partial charge in [-0.25, -0.2) is 19.6 Å². The van der Waals surface area contributed by atoms with Gasteiger partial charge in [-0.15, -0.1) is 0 Å². The number of nitrogens with zero attached hydrogens (tertiary/aromatic N) is 4. The number of primary amides is 1. The van der Waals surface area contributed by atoms with Crippen LogP contribution >= 0.6 is 11.3 Å². The van der Waals surface area contributed by atoms with E-state index >= 15 is 0 Å². The standard InChI is InChI=1S/C24H24N6O6S.CH3NO2/c1-15(31)27-23-28-20(12-5-16-3-8-18(9-4-16)25-14-26-24(33)34)21(37-23)13-29(2)22(32)17-6-10-19(11-7-17)30(35)36;2-1(3)4/h3-4,6-11,14H,5,12-13H2,1-2H3,(H,25,26)(H,33,34)(H,27,28,31);2H2,(H,3,4). The molecule has 0 aliphatic heterocycles. The Balaban J connectivity index is 0.00000138. The average molecular weight is 586 g/mol. The molecule has 1 heterocycles. The van der Waals surface area contributed by atoms with Crippen molar-refractivity contribution in [2.45, 2.75) is 26.3 Å². The lowest BCUT2D eigenvalue weighted by Gasteiger charge is -2.17. The van der Waals surface area contributed by atoms with Crippen molar-refractivity contribution in [3.63, 3.8) is 0 Å². The summed E-state index contributed by atoms with van der Waals surface area (Å²) < 4.78 is 0. The van der Waals surface area contributed by atoms with Crippen molar-refractivity contribution in [2.75, 3.05) is 12.4 Å². The third-order valence-corrected chi connectivity index (χ3v) is 6.10. The van der Waals surface area contributed by atoms with Crippen molar-refractivity contribution >= 4 is 58.2 Å². The molecule has 0 aliphatic carbocycles. The molecule has 15 nitrogen and oxygen atoms in total. The van der Waals surface area contributed by atoms with Crippen molar-refractivity contribution in [2.24, 2.45) is 10.7 Å². The number of nitro benzene ring substituents is 1. The number of non-ortho nitro benzene ring substituents is 1. The summed E-state index contributed by atoms with van der Waals surface area (Å²) in [6.45, 7) is 1.63. The second kappa shape index (κ2) is 15.3. The summed E-state index contributed by atoms with van der Waals surface area (Å²) in [6.07, 6.45) is -0.253. The first-order valence-electron chi connectivity index (χ1n) is 11.7. The molecule has 1 aromatic heterocycles. The first kappa shape index (κ1) is 31.8. The highest BCUT2D eigenvalue weighted by molar-refractivity contribution is 7.15. The number of amides is 4. The van der Waals surface area contributed by atoms with Crippen molar-refractivity contribution in [3.8, 4) is 0 Å². The molecular weight excluding hydrogens is 558 g/mol. The van der Waals surface area contributed by atoms with E-state index in [-0.39, 0.29) is 24.0 Å². The maximum absolute atomic E-state index is 12.9. The van der Waals surface area contributed by atoms with Gasteiger partial charge < -0.3 is 26.2 Å². The number of hydrogen-bond acceptors (Lipinski definition) is 9. The number of nitrogens with two attached hydrogens (primary N) is 1. The zero-order valence-electron chi connectivity index (χ0n) is 21.9. The highest BCUT2D eigenvalue weighted by Crippen LogP contribution is 2.27. The predicted octanol–water partition coefficient (Wildman–Crippen LogP) is 3.62. The van der Waals surface area contributed by atoms with Gasteiger partial charge in [-0.1, -0.05) is 23.5 Å². The van der Waals surface area contributed by atoms with Crippen LogP contribution in [0.15, 0.2) is 53.5 Å². The van der Waals surface area contributed by atoms with Crippen LogP contribution in [0.5, 0.6) is 0 Å². The number of benzene rings is 2. The Bertz CT molecular complexity index is 1420. The zero-order valence-corrected chi connectivity index (χ0v) is 22.8. The van der Waals surface area contributed by atoms with Crippen molar-refractivity contribution < 1.29 is 34.3 Å². The second-order valence-electron chi connectivity index (χ2n) is 8.25. The van der Waals surface area contributed by atoms with Gasteiger partial charge >= 0.3 is 12.2 Å². The smallest absolute Gasteiger partial charge is 0.409 e. The third kappa shape index (κ3) is 11.1. The molecule has 0 bridgehead atoms. The van der Waals surface area contributed by atoms with Crippen LogP contribution < -0.4 is 16.4 Å². The van der Waals surface area contributed by atoms with E-state index in [0.717, 1.165) is 22.5 Å². The first-order valence-corrected chi connectivity index (χ1v) is 12.5. The highest BCUT2D eigenvalue weighted by atomic mass is 32.1. The van der Waals surface area contributed by atoms with Crippen LogP contribution in [0.4, 0.5) is 26.1 Å². The lowest BCUT2D eigenvalue weighted by atomic mass is 10.1. The van der Waals surface area contributed by atoms with Gasteiger partial charge in [0.2, 0.25) is 5.91 Å². The molecule has 3 rings (SSSR count). The molecule has 41 heavy (non-hydrogen) atoms. The minimum absolute atomic E-state index is 0.0966. The number of thiazole rings is 1. The second-order valence-corrected chi connectivity index (χ2v) is 9.33. The predicted molar refractivity (Wildman–Crippen MR) is 151 cm³/mol. The minimum atomic E-state index is -1.33. The van der Waals surface area contributed by atoms with E-state index in [4.69, 9.17) is 15.0 Å². The molecule has 0 aliphatic rings. The van der Waals surface area contributed by atoms with Crippen LogP contribution in [0.3, 0.4) is 0 Å². The van der Waals surface area contributed by atoms with Gasteiger partial charge in [0.15, 0.2) is 5.13 Å². The Labute approximate surface area is 237 Å². The van der Waals surface area contributed by atoms with E-state index in [1.165, 1.54) is 47.4 Å².